The van der Waals surface area contributed by atoms with Crippen LogP contribution >= 0.6 is 0 Å². The summed E-state index contributed by atoms with van der Waals surface area (Å²) in [5.74, 6) is -4.31. The van der Waals surface area contributed by atoms with Crippen molar-refractivity contribution in [1.82, 2.24) is 9.38 Å². The molecule has 1 saturated carbocycles. The quantitative estimate of drug-likeness (QED) is 0.788. The van der Waals surface area contributed by atoms with Gasteiger partial charge in [0.2, 0.25) is 5.92 Å². The molecule has 0 aromatic carbocycles. The van der Waals surface area contributed by atoms with Crippen LogP contribution in [0.25, 0.3) is 5.65 Å². The highest BCUT2D eigenvalue weighted by Gasteiger charge is 2.40. The molecule has 0 saturated heterocycles. The van der Waals surface area contributed by atoms with Crippen molar-refractivity contribution in [2.45, 2.75) is 51.1 Å². The van der Waals surface area contributed by atoms with Crippen molar-refractivity contribution >= 4 is 11.6 Å². The van der Waals surface area contributed by atoms with Gasteiger partial charge in [0.05, 0.1) is 11.3 Å². The molecule has 1 aliphatic rings. The van der Waals surface area contributed by atoms with E-state index in [4.69, 9.17) is 5.11 Å². The molecule has 9 heteroatoms. The highest BCUT2D eigenvalue weighted by Crippen LogP contribution is 2.40. The van der Waals surface area contributed by atoms with E-state index in [0.29, 0.717) is 5.69 Å². The number of imidazole rings is 1. The smallest absolute Gasteiger partial charge is 0.435 e. The third-order valence-electron chi connectivity index (χ3n) is 4.83. The predicted octanol–water partition coefficient (Wildman–Crippen LogP) is 4.73. The molecule has 1 aliphatic carbocycles. The van der Waals surface area contributed by atoms with Gasteiger partial charge in [-0.1, -0.05) is 0 Å². The molecule has 3 rings (SSSR count). The van der Waals surface area contributed by atoms with Crippen LogP contribution in [0.4, 0.5) is 22.0 Å². The fourth-order valence-corrected chi connectivity index (χ4v) is 3.55. The number of hydrogen-bond acceptors (Lipinski definition) is 2. The van der Waals surface area contributed by atoms with Crippen molar-refractivity contribution < 1.29 is 31.9 Å². The summed E-state index contributed by atoms with van der Waals surface area (Å²) >= 11 is 0. The van der Waals surface area contributed by atoms with E-state index in [2.05, 4.69) is 4.98 Å². The molecule has 0 bridgehead atoms. The normalized spacial score (nSPS) is 18.4. The number of carboxylic acid groups (broad SMARTS) is 1. The van der Waals surface area contributed by atoms with Crippen molar-refractivity contribution in [1.29, 1.82) is 0 Å². The lowest BCUT2D eigenvalue weighted by Crippen LogP contribution is -2.26. The Hall–Kier alpha value is -2.19. The zero-order valence-corrected chi connectivity index (χ0v) is 13.9. The van der Waals surface area contributed by atoms with E-state index >= 15 is 0 Å². The van der Waals surface area contributed by atoms with Crippen LogP contribution in [0.3, 0.4) is 0 Å². The van der Waals surface area contributed by atoms with E-state index in [9.17, 15) is 26.7 Å². The molecule has 0 amide bonds. The number of aromatic carboxylic acids is 1. The van der Waals surface area contributed by atoms with Crippen LogP contribution in [0, 0.1) is 12.8 Å². The first-order chi connectivity index (χ1) is 12.0. The maximum Gasteiger partial charge on any atom is 0.435 e. The number of hydrogen-bond donors (Lipinski definition) is 1. The van der Waals surface area contributed by atoms with Gasteiger partial charge in [0.25, 0.3) is 0 Å². The summed E-state index contributed by atoms with van der Waals surface area (Å²) in [6.45, 7) is 1.50. The molecule has 2 aromatic heterocycles. The topological polar surface area (TPSA) is 54.6 Å². The maximum atomic E-state index is 13.4. The van der Waals surface area contributed by atoms with Crippen molar-refractivity contribution in [3.8, 4) is 0 Å². The zero-order valence-electron chi connectivity index (χ0n) is 13.9. The van der Waals surface area contributed by atoms with Crippen molar-refractivity contribution in [3.63, 3.8) is 0 Å². The molecular formula is C17H17F5N2O2. The van der Waals surface area contributed by atoms with Crippen molar-refractivity contribution in [2.75, 3.05) is 0 Å². The fourth-order valence-electron chi connectivity index (χ4n) is 3.55. The van der Waals surface area contributed by atoms with Crippen LogP contribution in [-0.4, -0.2) is 26.4 Å². The SMILES string of the molecule is Cc1cc(C(=O)O)cc2nc(C(F)(F)F)c(CC3CCC(F)(F)CC3)n12. The molecule has 0 aliphatic heterocycles. The third-order valence-corrected chi connectivity index (χ3v) is 4.83. The first-order valence-electron chi connectivity index (χ1n) is 8.18. The lowest BCUT2D eigenvalue weighted by molar-refractivity contribution is -0.141. The van der Waals surface area contributed by atoms with Crippen LogP contribution in [0.15, 0.2) is 12.1 Å². The van der Waals surface area contributed by atoms with Gasteiger partial charge >= 0.3 is 12.1 Å². The average molecular weight is 376 g/mol. The van der Waals surface area contributed by atoms with Crippen LogP contribution in [0.5, 0.6) is 0 Å². The Labute approximate surface area is 145 Å². The summed E-state index contributed by atoms with van der Waals surface area (Å²) in [5, 5.41) is 9.08. The van der Waals surface area contributed by atoms with Gasteiger partial charge in [0.1, 0.15) is 5.65 Å². The van der Waals surface area contributed by atoms with E-state index in [1.54, 1.807) is 0 Å². The number of carboxylic acids is 1. The lowest BCUT2D eigenvalue weighted by atomic mass is 9.83. The van der Waals surface area contributed by atoms with Gasteiger partial charge in [-0.05, 0) is 44.2 Å². The Bertz CT molecular complexity index is 847. The summed E-state index contributed by atoms with van der Waals surface area (Å²) in [6.07, 6.45) is -5.13. The van der Waals surface area contributed by atoms with E-state index in [1.165, 1.54) is 17.4 Å². The van der Waals surface area contributed by atoms with Gasteiger partial charge in [-0.15, -0.1) is 0 Å². The number of halogens is 5. The number of nitrogens with zero attached hydrogens (tertiary/aromatic N) is 2. The molecular weight excluding hydrogens is 359 g/mol. The molecule has 1 fully saturated rings. The number of alkyl halides is 5. The van der Waals surface area contributed by atoms with E-state index in [-0.39, 0.29) is 54.9 Å². The highest BCUT2D eigenvalue weighted by molar-refractivity contribution is 5.89. The molecule has 0 spiro atoms. The Morgan fingerprint density at radius 2 is 1.92 bits per heavy atom. The number of aromatic nitrogens is 2. The molecule has 26 heavy (non-hydrogen) atoms. The van der Waals surface area contributed by atoms with Gasteiger partial charge in [-0.25, -0.2) is 18.6 Å². The van der Waals surface area contributed by atoms with Gasteiger partial charge < -0.3 is 9.51 Å². The van der Waals surface area contributed by atoms with Crippen molar-refractivity contribution in [2.24, 2.45) is 5.92 Å². The average Bonchev–Trinajstić information content (AvgIpc) is 2.88. The number of carbonyl (C=O) groups is 1. The summed E-state index contributed by atoms with van der Waals surface area (Å²) < 4.78 is 68.2. The molecule has 2 heterocycles. The second-order valence-electron chi connectivity index (χ2n) is 6.79. The second-order valence-corrected chi connectivity index (χ2v) is 6.79. The van der Waals surface area contributed by atoms with Crippen LogP contribution < -0.4 is 0 Å². The minimum absolute atomic E-state index is 0.0284. The summed E-state index contributed by atoms with van der Waals surface area (Å²) in [4.78, 5) is 14.7. The molecule has 0 atom stereocenters. The largest absolute Gasteiger partial charge is 0.478 e. The van der Waals surface area contributed by atoms with E-state index in [1.807, 2.05) is 0 Å². The number of rotatable bonds is 3. The van der Waals surface area contributed by atoms with Crippen molar-refractivity contribution in [3.05, 3.63) is 34.8 Å². The number of fused-ring (bicyclic) bond motifs is 1. The van der Waals surface area contributed by atoms with Gasteiger partial charge in [-0.3, -0.25) is 0 Å². The van der Waals surface area contributed by atoms with Crippen LogP contribution in [0.2, 0.25) is 0 Å². The molecule has 4 nitrogen and oxygen atoms in total. The minimum atomic E-state index is -4.71. The van der Waals surface area contributed by atoms with E-state index in [0.717, 1.165) is 6.07 Å². The van der Waals surface area contributed by atoms with Crippen LogP contribution in [-0.2, 0) is 12.6 Å². The predicted molar refractivity (Wildman–Crippen MR) is 82.5 cm³/mol. The summed E-state index contributed by atoms with van der Waals surface area (Å²) in [5.41, 5.74) is -1.14. The molecule has 0 radical (unpaired) electrons. The molecule has 2 aromatic rings. The standard InChI is InChI=1S/C17H17F5N2O2/c1-9-6-11(15(25)26)8-13-23-14(17(20,21)22)12(24(9)13)7-10-2-4-16(18,19)5-3-10/h6,8,10H,2-5,7H2,1H3,(H,25,26). The lowest BCUT2D eigenvalue weighted by Gasteiger charge is -2.28. The Balaban J connectivity index is 2.06. The number of aryl methyl sites for hydroxylation is 1. The summed E-state index contributed by atoms with van der Waals surface area (Å²) in [6, 6.07) is 2.36. The minimum Gasteiger partial charge on any atom is -0.478 e. The molecule has 1 N–H and O–H groups in total. The second kappa shape index (κ2) is 6.21. The molecule has 142 valence electrons. The molecule has 0 unspecified atom stereocenters. The van der Waals surface area contributed by atoms with Crippen LogP contribution in [0.1, 0.15) is 53.1 Å². The first-order valence-corrected chi connectivity index (χ1v) is 8.18. The zero-order chi connectivity index (χ0) is 19.3. The summed E-state index contributed by atoms with van der Waals surface area (Å²) in [7, 11) is 0. The maximum absolute atomic E-state index is 13.4. The Morgan fingerprint density at radius 1 is 1.31 bits per heavy atom. The fraction of sp³-hybridized carbons (Fsp3) is 0.529. The first kappa shape index (κ1) is 18.6. The third kappa shape index (κ3) is 3.52. The van der Waals surface area contributed by atoms with Gasteiger partial charge in [-0.2, -0.15) is 13.2 Å². The highest BCUT2D eigenvalue weighted by atomic mass is 19.4. The number of pyridine rings is 1. The monoisotopic (exact) mass is 376 g/mol. The van der Waals surface area contributed by atoms with E-state index < -0.39 is 23.8 Å². The van der Waals surface area contributed by atoms with Gasteiger partial charge in [0, 0.05) is 18.5 Å². The Kier molecular flexibility index (Phi) is 4.44. The van der Waals surface area contributed by atoms with Gasteiger partial charge in [0.15, 0.2) is 5.69 Å². The Morgan fingerprint density at radius 3 is 2.46 bits per heavy atom.